The smallest absolute Gasteiger partial charge is 0.148 e. The molecule has 1 nitrogen and oxygen atoms in total. The number of hydrogen-bond donors (Lipinski definition) is 0. The van der Waals surface area contributed by atoms with Crippen molar-refractivity contribution in [3.8, 4) is 0 Å². The molecule has 0 saturated heterocycles. The maximum atomic E-state index is 12.8. The number of para-hydroxylation sites is 1. The molecule has 2 heteroatoms. The SMILES string of the molecule is C=CC[N]c1ccccc1F. The van der Waals surface area contributed by atoms with Crippen molar-refractivity contribution >= 4 is 5.69 Å². The molecule has 0 heterocycles. The lowest BCUT2D eigenvalue weighted by molar-refractivity contribution is 0.620. The molecular weight excluding hydrogens is 141 g/mol. The van der Waals surface area contributed by atoms with Crippen LogP contribution in [0.4, 0.5) is 10.1 Å². The van der Waals surface area contributed by atoms with E-state index in [9.17, 15) is 4.39 Å². The van der Waals surface area contributed by atoms with E-state index in [1.807, 2.05) is 0 Å². The van der Waals surface area contributed by atoms with E-state index in [4.69, 9.17) is 0 Å². The van der Waals surface area contributed by atoms with Crippen molar-refractivity contribution in [2.24, 2.45) is 0 Å². The first-order chi connectivity index (χ1) is 5.34. The Bertz CT molecular complexity index is 245. The van der Waals surface area contributed by atoms with Crippen LogP contribution in [0, 0.1) is 5.82 Å². The Balaban J connectivity index is 2.69. The summed E-state index contributed by atoms with van der Waals surface area (Å²) in [6.45, 7) is 3.95. The molecule has 0 aliphatic rings. The molecule has 0 fully saturated rings. The fourth-order valence-electron chi connectivity index (χ4n) is 0.743. The first-order valence-electron chi connectivity index (χ1n) is 3.37. The minimum absolute atomic E-state index is 0.283. The van der Waals surface area contributed by atoms with Crippen molar-refractivity contribution < 1.29 is 4.39 Å². The van der Waals surface area contributed by atoms with E-state index in [0.29, 0.717) is 12.2 Å². The molecule has 0 atom stereocenters. The van der Waals surface area contributed by atoms with Crippen LogP contribution in [0.1, 0.15) is 0 Å². The topological polar surface area (TPSA) is 14.1 Å². The molecule has 1 radical (unpaired) electrons. The number of nitrogens with zero attached hydrogens (tertiary/aromatic N) is 1. The zero-order chi connectivity index (χ0) is 8.10. The highest BCUT2D eigenvalue weighted by Gasteiger charge is 1.97. The van der Waals surface area contributed by atoms with E-state index in [-0.39, 0.29) is 5.82 Å². The van der Waals surface area contributed by atoms with Crippen molar-refractivity contribution in [3.05, 3.63) is 42.7 Å². The third-order valence-electron chi connectivity index (χ3n) is 1.24. The monoisotopic (exact) mass is 150 g/mol. The highest BCUT2D eigenvalue weighted by Crippen LogP contribution is 2.11. The van der Waals surface area contributed by atoms with Crippen LogP contribution in [0.2, 0.25) is 0 Å². The molecule has 0 aliphatic heterocycles. The van der Waals surface area contributed by atoms with E-state index in [2.05, 4.69) is 11.9 Å². The lowest BCUT2D eigenvalue weighted by atomic mass is 10.3. The maximum Gasteiger partial charge on any atom is 0.148 e. The Hall–Kier alpha value is -1.31. The van der Waals surface area contributed by atoms with Crippen LogP contribution in [-0.2, 0) is 0 Å². The van der Waals surface area contributed by atoms with Crippen LogP contribution >= 0.6 is 0 Å². The summed E-state index contributed by atoms with van der Waals surface area (Å²) in [7, 11) is 0. The van der Waals surface area contributed by atoms with E-state index in [0.717, 1.165) is 0 Å². The summed E-state index contributed by atoms with van der Waals surface area (Å²) in [4.78, 5) is 0. The largest absolute Gasteiger partial charge is 0.278 e. The summed E-state index contributed by atoms with van der Waals surface area (Å²) in [5.74, 6) is -0.283. The number of benzene rings is 1. The van der Waals surface area contributed by atoms with E-state index < -0.39 is 0 Å². The van der Waals surface area contributed by atoms with Gasteiger partial charge in [0.25, 0.3) is 0 Å². The van der Waals surface area contributed by atoms with Gasteiger partial charge >= 0.3 is 0 Å². The molecule has 0 bridgehead atoms. The van der Waals surface area contributed by atoms with Gasteiger partial charge in [-0.15, -0.1) is 6.58 Å². The molecule has 0 N–H and O–H groups in total. The average molecular weight is 150 g/mol. The van der Waals surface area contributed by atoms with Crippen LogP contribution in [-0.4, -0.2) is 6.54 Å². The van der Waals surface area contributed by atoms with Crippen molar-refractivity contribution in [1.29, 1.82) is 0 Å². The van der Waals surface area contributed by atoms with Gasteiger partial charge in [0, 0.05) is 0 Å². The predicted molar refractivity (Wildman–Crippen MR) is 43.3 cm³/mol. The van der Waals surface area contributed by atoms with Gasteiger partial charge in [0.15, 0.2) is 0 Å². The fraction of sp³-hybridized carbons (Fsp3) is 0.111. The second kappa shape index (κ2) is 3.76. The van der Waals surface area contributed by atoms with Crippen LogP contribution in [0.5, 0.6) is 0 Å². The molecule has 11 heavy (non-hydrogen) atoms. The summed E-state index contributed by atoms with van der Waals surface area (Å²) < 4.78 is 12.8. The second-order valence-corrected chi connectivity index (χ2v) is 2.08. The zero-order valence-electron chi connectivity index (χ0n) is 6.13. The summed E-state index contributed by atoms with van der Waals surface area (Å²) in [6, 6.07) is 6.42. The molecule has 57 valence electrons. The van der Waals surface area contributed by atoms with Crippen LogP contribution in [0.25, 0.3) is 0 Å². The lowest BCUT2D eigenvalue weighted by Crippen LogP contribution is -1.97. The molecule has 0 amide bonds. The van der Waals surface area contributed by atoms with Gasteiger partial charge in [-0.1, -0.05) is 18.2 Å². The molecule has 1 aromatic rings. The molecule has 0 aromatic heterocycles. The van der Waals surface area contributed by atoms with Gasteiger partial charge in [0.2, 0.25) is 0 Å². The summed E-state index contributed by atoms with van der Waals surface area (Å²) in [5.41, 5.74) is 0.396. The molecule has 0 spiro atoms. The third-order valence-corrected chi connectivity index (χ3v) is 1.24. The van der Waals surface area contributed by atoms with Crippen LogP contribution < -0.4 is 5.32 Å². The predicted octanol–water partition coefficient (Wildman–Crippen LogP) is 2.25. The highest BCUT2D eigenvalue weighted by atomic mass is 19.1. The first-order valence-corrected chi connectivity index (χ1v) is 3.37. The zero-order valence-corrected chi connectivity index (χ0v) is 6.13. The Morgan fingerprint density at radius 2 is 2.18 bits per heavy atom. The summed E-state index contributed by atoms with van der Waals surface area (Å²) in [6.07, 6.45) is 1.63. The minimum atomic E-state index is -0.283. The van der Waals surface area contributed by atoms with Gasteiger partial charge < -0.3 is 0 Å². The minimum Gasteiger partial charge on any atom is -0.278 e. The lowest BCUT2D eigenvalue weighted by Gasteiger charge is -1.99. The second-order valence-electron chi connectivity index (χ2n) is 2.08. The van der Waals surface area contributed by atoms with Gasteiger partial charge in [0.05, 0.1) is 12.2 Å². The number of hydrogen-bond acceptors (Lipinski definition) is 0. The Kier molecular flexibility index (Phi) is 2.66. The molecule has 0 saturated carbocycles. The summed E-state index contributed by atoms with van der Waals surface area (Å²) >= 11 is 0. The van der Waals surface area contributed by atoms with Gasteiger partial charge in [0.1, 0.15) is 5.82 Å². The van der Waals surface area contributed by atoms with Crippen LogP contribution in [0.15, 0.2) is 36.9 Å². The number of halogens is 1. The van der Waals surface area contributed by atoms with E-state index >= 15 is 0 Å². The highest BCUT2D eigenvalue weighted by molar-refractivity contribution is 5.36. The fourth-order valence-corrected chi connectivity index (χ4v) is 0.743. The Morgan fingerprint density at radius 1 is 1.45 bits per heavy atom. The molecule has 0 aliphatic carbocycles. The number of rotatable bonds is 3. The van der Waals surface area contributed by atoms with Gasteiger partial charge in [-0.25, -0.2) is 4.39 Å². The molecule has 1 aromatic carbocycles. The van der Waals surface area contributed by atoms with Crippen molar-refractivity contribution in [3.63, 3.8) is 0 Å². The van der Waals surface area contributed by atoms with Gasteiger partial charge in [-0.05, 0) is 12.1 Å². The third kappa shape index (κ3) is 2.08. The van der Waals surface area contributed by atoms with Gasteiger partial charge in [-0.3, -0.25) is 5.32 Å². The maximum absolute atomic E-state index is 12.8. The first kappa shape index (κ1) is 7.79. The van der Waals surface area contributed by atoms with Crippen molar-refractivity contribution in [1.82, 2.24) is 5.32 Å². The molecular formula is C9H9FN. The van der Waals surface area contributed by atoms with E-state index in [1.165, 1.54) is 6.07 Å². The van der Waals surface area contributed by atoms with Crippen LogP contribution in [0.3, 0.4) is 0 Å². The normalized spacial score (nSPS) is 9.18. The molecule has 1 rings (SSSR count). The standard InChI is InChI=1S/C9H9FN/c1-2-7-11-9-6-4-3-5-8(9)10/h2-6H,1,7H2. The van der Waals surface area contributed by atoms with E-state index in [1.54, 1.807) is 24.3 Å². The molecule has 0 unspecified atom stereocenters. The Labute approximate surface area is 65.6 Å². The average Bonchev–Trinajstić information content (AvgIpc) is 2.03. The Morgan fingerprint density at radius 3 is 2.82 bits per heavy atom. The summed E-state index contributed by atoms with van der Waals surface area (Å²) in [5, 5.41) is 3.93. The van der Waals surface area contributed by atoms with Gasteiger partial charge in [-0.2, -0.15) is 0 Å². The quantitative estimate of drug-likeness (QED) is 0.587. The van der Waals surface area contributed by atoms with Crippen molar-refractivity contribution in [2.45, 2.75) is 0 Å². The van der Waals surface area contributed by atoms with Crippen molar-refractivity contribution in [2.75, 3.05) is 6.54 Å².